The molecule has 10 rings (SSSR count). The van der Waals surface area contributed by atoms with Crippen LogP contribution in [-0.4, -0.2) is 145 Å². The molecule has 0 unspecified atom stereocenters. The minimum atomic E-state index is -1.00. The van der Waals surface area contributed by atoms with Crippen molar-refractivity contribution in [1.82, 2.24) is 64.9 Å². The molecule has 0 bridgehead atoms. The maximum absolute atomic E-state index is 13.4. The second-order valence-corrected chi connectivity index (χ2v) is 30.8. The smallest absolute Gasteiger partial charge is 0.420 e. The number of nitrogens with zero attached hydrogens (tertiary/aromatic N) is 3. The normalized spacial score (nSPS) is 11.5. The predicted molar refractivity (Wildman–Crippen MR) is 433 cm³/mol. The van der Waals surface area contributed by atoms with Gasteiger partial charge in [-0.15, -0.1) is 19.0 Å². The summed E-state index contributed by atoms with van der Waals surface area (Å²) in [6, 6.07) is 28.6. The van der Waals surface area contributed by atoms with E-state index in [9.17, 15) is 61.5 Å². The number of imidazole rings is 4. The first-order valence-electron chi connectivity index (χ1n) is 34.6. The molecular formula is C78H95ClF2IN13O16. The van der Waals surface area contributed by atoms with Gasteiger partial charge in [0.15, 0.2) is 11.6 Å². The van der Waals surface area contributed by atoms with Crippen LogP contribution in [0.25, 0.3) is 56.3 Å². The molecule has 10 N–H and O–H groups in total. The van der Waals surface area contributed by atoms with Crippen LogP contribution in [0.4, 0.5) is 32.8 Å². The summed E-state index contributed by atoms with van der Waals surface area (Å²) in [5, 5.41) is 5.37. The fourth-order valence-electron chi connectivity index (χ4n) is 9.59. The van der Waals surface area contributed by atoms with Gasteiger partial charge in [-0.05, 0) is 240 Å². The number of ether oxygens (including phenoxy) is 5. The first-order valence-corrected chi connectivity index (χ1v) is 35.7. The topological polar surface area (TPSA) is 396 Å². The monoisotopic (exact) mass is 1670 g/mol. The van der Waals surface area contributed by atoms with E-state index in [1.54, 1.807) is 138 Å². The van der Waals surface area contributed by atoms with Crippen molar-refractivity contribution in [1.29, 1.82) is 0 Å². The Morgan fingerprint density at radius 1 is 0.477 bits per heavy atom. The van der Waals surface area contributed by atoms with E-state index < -0.39 is 81.6 Å². The highest BCUT2D eigenvalue weighted by molar-refractivity contribution is 14.1. The number of carbonyl (C=O) groups excluding carboxylic acids is 6. The van der Waals surface area contributed by atoms with Crippen LogP contribution < -0.4 is 39.0 Å². The lowest BCUT2D eigenvalue weighted by molar-refractivity contribution is 0.00160. The number of pyridine rings is 1. The Bertz CT molecular complexity index is 5220. The number of aromatic amines is 8. The Kier molecular flexibility index (Phi) is 32.2. The molecular weight excluding hydrogens is 1580 g/mol. The lowest BCUT2D eigenvalue weighted by Gasteiger charge is -2.28. The third-order valence-electron chi connectivity index (χ3n) is 14.1. The molecule has 33 heteroatoms. The molecule has 6 amide bonds. The van der Waals surface area contributed by atoms with Crippen LogP contribution in [0.3, 0.4) is 0 Å². The molecule has 111 heavy (non-hydrogen) atoms. The van der Waals surface area contributed by atoms with Gasteiger partial charge in [0.2, 0.25) is 0 Å². The van der Waals surface area contributed by atoms with Crippen molar-refractivity contribution in [3.8, 4) is 0 Å². The summed E-state index contributed by atoms with van der Waals surface area (Å²) in [5.74, 6) is -2.52. The second-order valence-electron chi connectivity index (χ2n) is 29.6. The van der Waals surface area contributed by atoms with Crippen LogP contribution in [0.2, 0.25) is 0 Å². The highest BCUT2D eigenvalue weighted by Gasteiger charge is 2.32. The number of imide groups is 2. The molecule has 0 aliphatic carbocycles. The average Bonchev–Trinajstić information content (AvgIpc) is 1.83. The van der Waals surface area contributed by atoms with E-state index in [0.29, 0.717) is 34.2 Å². The van der Waals surface area contributed by atoms with Crippen LogP contribution in [0.1, 0.15) is 143 Å². The van der Waals surface area contributed by atoms with E-state index in [1.807, 2.05) is 69.3 Å². The number of aryl methyl sites for hydroxylation is 1. The SMILES string of the molecule is C=CCN(C(=O)OC(C)(C)C)C(=O)OC(C)(C)C.CC(C)(C)OC(=O)N(C/C=C/c1ccc2[nH]c(=O)[nH]c2c1)C(=O)OC(C)(C)C.CC(C)(C)OC(=O)NCCCc1ccc2[nH]c(=O)[nH]c2c1.Cl.O=C(NC/C=C/c1ccc2[nH]c(=O)[nH]c2c1)c1cccn(Cc2ccc(F)c(F)c2)c1=O.O=c1[nH]c2ccc(I)cc2[nH]1. The molecule has 0 aliphatic rings. The second kappa shape index (κ2) is 39.7. The first kappa shape index (κ1) is 90.1. The summed E-state index contributed by atoms with van der Waals surface area (Å²) < 4.78 is 54.9. The number of halogens is 4. The largest absolute Gasteiger partial charge is 0.444 e. The van der Waals surface area contributed by atoms with Gasteiger partial charge in [0.1, 0.15) is 33.6 Å². The summed E-state index contributed by atoms with van der Waals surface area (Å²) in [4.78, 5) is 153. The van der Waals surface area contributed by atoms with Crippen LogP contribution in [0.5, 0.6) is 0 Å². The first-order chi connectivity index (χ1) is 51.3. The molecule has 596 valence electrons. The summed E-state index contributed by atoms with van der Waals surface area (Å²) in [5.41, 5.74) is 4.39. The fraction of sp³-hybridized carbons (Fsp3) is 0.346. The van der Waals surface area contributed by atoms with Crippen molar-refractivity contribution < 1.29 is 61.2 Å². The highest BCUT2D eigenvalue weighted by atomic mass is 127. The molecule has 5 heterocycles. The zero-order chi connectivity index (χ0) is 81.6. The van der Waals surface area contributed by atoms with E-state index in [-0.39, 0.29) is 66.9 Å². The Labute approximate surface area is 656 Å². The standard InChI is InChI=1S/C23H18F2N4O3.C20H27N3O5.C15H21N3O3.C13H23NO4.C7H5IN2O.ClH/c24-17-7-5-15(11-18(17)25)13-29-10-2-4-16(22(29)31)21(30)26-9-1-3-14-6-8-19-20(12-14)28-23(32)27-19;1-19(2,3)27-17(25)23(18(26)28-20(4,5)6)11-7-8-13-9-10-14-15(12-13)22-16(24)21-14;1-15(2,3)21-14(20)16-8-4-5-10-6-7-11-12(9-10)18-13(19)17-11;1-8-9-14(10(15)17-12(2,3)4)11(16)18-13(5,6)7;8-4-1-2-5-6(3-4)10-7(11)9-5;/h1-8,10-12H,9,13H2,(H,26,30)(H2,27,28,32);7-10,12H,11H2,1-6H3,(H2,21,22,24);6-7,9H,4-5,8H2,1-3H3,(H,16,20)(H2,17,18,19);8H,1,9H2,2-7H3;1-3H,(H2,9,10,11);1H/b3-1+;8-7+;;;;. The molecule has 0 radical (unpaired) electrons. The molecule has 0 fully saturated rings. The summed E-state index contributed by atoms with van der Waals surface area (Å²) in [6.45, 7) is 30.5. The maximum atomic E-state index is 13.4. The molecule has 10 aromatic rings. The number of fused-ring (bicyclic) bond motifs is 4. The van der Waals surface area contributed by atoms with Crippen LogP contribution in [0.15, 0.2) is 158 Å². The molecule has 5 aromatic heterocycles. The number of alkyl carbamates (subject to hydrolysis) is 1. The molecule has 0 atom stereocenters. The van der Waals surface area contributed by atoms with E-state index in [0.717, 1.165) is 77.1 Å². The average molecular weight is 1670 g/mol. The van der Waals surface area contributed by atoms with Gasteiger partial charge in [-0.25, -0.2) is 61.7 Å². The number of aromatic nitrogens is 9. The molecule has 29 nitrogen and oxygen atoms in total. The summed E-state index contributed by atoms with van der Waals surface area (Å²) in [6.07, 6.45) is 7.99. The zero-order valence-corrected chi connectivity index (χ0v) is 67.3. The van der Waals surface area contributed by atoms with Gasteiger partial charge in [0.05, 0.1) is 63.8 Å². The van der Waals surface area contributed by atoms with E-state index >= 15 is 0 Å². The van der Waals surface area contributed by atoms with Gasteiger partial charge in [0.25, 0.3) is 11.5 Å². The predicted octanol–water partition coefficient (Wildman–Crippen LogP) is 14.4. The van der Waals surface area contributed by atoms with Crippen molar-refractivity contribution in [2.24, 2.45) is 0 Å². The minimum Gasteiger partial charge on any atom is -0.444 e. The summed E-state index contributed by atoms with van der Waals surface area (Å²) in [7, 11) is 0. The Morgan fingerprint density at radius 2 is 0.883 bits per heavy atom. The number of rotatable bonds is 15. The number of H-pyrrole nitrogens is 8. The van der Waals surface area contributed by atoms with Crippen molar-refractivity contribution in [3.05, 3.63) is 229 Å². The van der Waals surface area contributed by atoms with Gasteiger partial charge < -0.3 is 78.8 Å². The molecule has 0 saturated heterocycles. The molecule has 5 aromatic carbocycles. The van der Waals surface area contributed by atoms with E-state index in [1.165, 1.54) is 29.0 Å². The fourth-order valence-corrected chi connectivity index (χ4v) is 10.1. The van der Waals surface area contributed by atoms with Gasteiger partial charge in [-0.1, -0.05) is 54.6 Å². The summed E-state index contributed by atoms with van der Waals surface area (Å²) >= 11 is 2.20. The number of benzene rings is 5. The maximum Gasteiger partial charge on any atom is 0.420 e. The van der Waals surface area contributed by atoms with Crippen LogP contribution >= 0.6 is 35.0 Å². The van der Waals surface area contributed by atoms with Gasteiger partial charge in [-0.3, -0.25) is 9.59 Å². The van der Waals surface area contributed by atoms with Crippen LogP contribution in [-0.2, 0) is 36.6 Å². The van der Waals surface area contributed by atoms with E-state index in [2.05, 4.69) is 79.7 Å². The Hall–Kier alpha value is -11.6. The van der Waals surface area contributed by atoms with Crippen LogP contribution in [0, 0.1) is 15.2 Å². The Morgan fingerprint density at radius 3 is 1.33 bits per heavy atom. The number of amides is 6. The molecule has 0 spiro atoms. The quantitative estimate of drug-likeness (QED) is 0.0197. The lowest BCUT2D eigenvalue weighted by atomic mass is 10.1. The number of hydrogen-bond donors (Lipinski definition) is 10. The number of hydrogen-bond acceptors (Lipinski definition) is 16. The van der Waals surface area contributed by atoms with Crippen molar-refractivity contribution in [2.75, 3.05) is 26.2 Å². The number of nitrogens with one attached hydrogen (secondary N) is 10. The minimum absolute atomic E-state index is 0. The van der Waals surface area contributed by atoms with Gasteiger partial charge in [0, 0.05) is 22.9 Å². The molecule has 0 saturated carbocycles. The van der Waals surface area contributed by atoms with Gasteiger partial charge >= 0.3 is 53.2 Å². The van der Waals surface area contributed by atoms with E-state index in [4.69, 9.17) is 23.7 Å². The zero-order valence-electron chi connectivity index (χ0n) is 64.4. The van der Waals surface area contributed by atoms with Crippen molar-refractivity contribution in [2.45, 2.75) is 151 Å². The Balaban J connectivity index is 0.000000257. The highest BCUT2D eigenvalue weighted by Crippen LogP contribution is 2.20. The lowest BCUT2D eigenvalue weighted by Crippen LogP contribution is -2.43. The van der Waals surface area contributed by atoms with Gasteiger partial charge in [-0.2, -0.15) is 0 Å². The number of carbonyl (C=O) groups is 6. The third kappa shape index (κ3) is 31.2. The third-order valence-corrected chi connectivity index (χ3v) is 14.8. The van der Waals surface area contributed by atoms with Crippen molar-refractivity contribution in [3.63, 3.8) is 0 Å². The molecule has 0 aliphatic heterocycles. The van der Waals surface area contributed by atoms with Crippen molar-refractivity contribution >= 4 is 128 Å².